The molecule has 0 spiro atoms. The molecule has 0 saturated carbocycles. The summed E-state index contributed by atoms with van der Waals surface area (Å²) >= 11 is 1.43. The van der Waals surface area contributed by atoms with Gasteiger partial charge in [0.25, 0.3) is 0 Å². The van der Waals surface area contributed by atoms with Gasteiger partial charge in [-0.05, 0) is 60.5 Å². The second-order valence-electron chi connectivity index (χ2n) is 10.2. The summed E-state index contributed by atoms with van der Waals surface area (Å²) in [6.45, 7) is 3.44. The molecule has 1 aliphatic heterocycles. The Labute approximate surface area is 239 Å². The molecule has 2 atom stereocenters. The van der Waals surface area contributed by atoms with Crippen molar-refractivity contribution in [3.8, 4) is 0 Å². The molecule has 40 heavy (non-hydrogen) atoms. The quantitative estimate of drug-likeness (QED) is 0.213. The molecule has 2 heterocycles. The van der Waals surface area contributed by atoms with Crippen LogP contribution in [0.2, 0.25) is 0 Å². The molecule has 1 aromatic heterocycles. The monoisotopic (exact) mass is 569 g/mol. The van der Waals surface area contributed by atoms with Crippen LogP contribution >= 0.6 is 11.3 Å². The highest BCUT2D eigenvalue weighted by Gasteiger charge is 2.44. The van der Waals surface area contributed by atoms with Crippen LogP contribution in [-0.4, -0.2) is 36.9 Å². The number of rotatable bonds is 9. The van der Waals surface area contributed by atoms with E-state index in [-0.39, 0.29) is 29.4 Å². The van der Waals surface area contributed by atoms with Gasteiger partial charge in [-0.25, -0.2) is 8.42 Å². The van der Waals surface area contributed by atoms with Gasteiger partial charge < -0.3 is 4.79 Å². The molecule has 0 aliphatic carbocycles. The Morgan fingerprint density at radius 3 is 2.15 bits per heavy atom. The van der Waals surface area contributed by atoms with Gasteiger partial charge in [-0.15, -0.1) is 0 Å². The van der Waals surface area contributed by atoms with Gasteiger partial charge in [-0.3, -0.25) is 4.79 Å². The summed E-state index contributed by atoms with van der Waals surface area (Å²) < 4.78 is 30.2. The average molecular weight is 570 g/mol. The summed E-state index contributed by atoms with van der Waals surface area (Å²) in [6, 6.07) is 27.2. The molecule has 0 bridgehead atoms. The Bertz CT molecular complexity index is 1630. The molecule has 0 N–H and O–H groups in total. The second kappa shape index (κ2) is 11.8. The SMILES string of the molecule is CC(=O)C[C@H]1CN(S(=O)(=O)c2ccc(C)cc2)[C@@H](Cc2ccccc2)C(c2ccccc2)=C1C(=O)c1ccsc1. The number of nitrogens with zero attached hydrogens (tertiary/aromatic N) is 1. The third-order valence-electron chi connectivity index (χ3n) is 7.33. The smallest absolute Gasteiger partial charge is 0.243 e. The Morgan fingerprint density at radius 2 is 1.55 bits per heavy atom. The minimum absolute atomic E-state index is 0.0365. The highest BCUT2D eigenvalue weighted by Crippen LogP contribution is 2.42. The standard InChI is InChI=1S/C33H31NO4S2/c1-23-13-15-29(16-14-23)40(37,38)34-21-28(19-24(2)35)32(33(36)27-17-18-39-22-27)31(26-11-7-4-8-12-26)30(34)20-25-9-5-3-6-10-25/h3-18,22,28,30H,19-21H2,1-2H3/t28-,30-/m0/s1. The minimum atomic E-state index is -3.98. The summed E-state index contributed by atoms with van der Waals surface area (Å²) in [7, 11) is -3.98. The third kappa shape index (κ3) is 5.77. The molecule has 5 nitrogen and oxygen atoms in total. The number of benzene rings is 3. The molecular formula is C33H31NO4S2. The summed E-state index contributed by atoms with van der Waals surface area (Å²) in [5.41, 5.74) is 4.43. The van der Waals surface area contributed by atoms with E-state index in [4.69, 9.17) is 0 Å². The first-order valence-corrected chi connectivity index (χ1v) is 15.6. The van der Waals surface area contributed by atoms with Gasteiger partial charge in [0, 0.05) is 35.4 Å². The Kier molecular flexibility index (Phi) is 8.26. The molecular weight excluding hydrogens is 539 g/mol. The molecule has 0 amide bonds. The van der Waals surface area contributed by atoms with Crippen LogP contribution in [0.1, 0.15) is 40.4 Å². The number of aryl methyl sites for hydroxylation is 1. The first-order chi connectivity index (χ1) is 19.3. The number of hydrogen-bond acceptors (Lipinski definition) is 5. The van der Waals surface area contributed by atoms with Crippen molar-refractivity contribution in [3.63, 3.8) is 0 Å². The highest BCUT2D eigenvalue weighted by atomic mass is 32.2. The molecule has 7 heteroatoms. The number of carbonyl (C=O) groups excluding carboxylic acids is 2. The van der Waals surface area contributed by atoms with Crippen molar-refractivity contribution in [1.82, 2.24) is 4.31 Å². The number of thiophene rings is 1. The van der Waals surface area contributed by atoms with Crippen molar-refractivity contribution in [2.45, 2.75) is 37.6 Å². The van der Waals surface area contributed by atoms with E-state index in [9.17, 15) is 18.0 Å². The maximum Gasteiger partial charge on any atom is 0.243 e. The number of ketones is 2. The van der Waals surface area contributed by atoms with Crippen LogP contribution in [0.25, 0.3) is 5.57 Å². The normalized spacial score (nSPS) is 18.1. The maximum atomic E-state index is 14.3. The Balaban J connectivity index is 1.79. The van der Waals surface area contributed by atoms with E-state index in [2.05, 4.69) is 0 Å². The number of sulfonamides is 1. The van der Waals surface area contributed by atoms with Gasteiger partial charge in [-0.1, -0.05) is 78.4 Å². The zero-order valence-electron chi connectivity index (χ0n) is 22.5. The minimum Gasteiger partial charge on any atom is -0.300 e. The fourth-order valence-corrected chi connectivity index (χ4v) is 7.75. The molecule has 0 unspecified atom stereocenters. The second-order valence-corrected chi connectivity index (χ2v) is 12.9. The summed E-state index contributed by atoms with van der Waals surface area (Å²) in [6.07, 6.45) is 0.447. The van der Waals surface area contributed by atoms with Crippen LogP contribution in [-0.2, 0) is 21.2 Å². The van der Waals surface area contributed by atoms with E-state index >= 15 is 0 Å². The van der Waals surface area contributed by atoms with E-state index in [0.717, 1.165) is 16.7 Å². The van der Waals surface area contributed by atoms with Gasteiger partial charge in [-0.2, -0.15) is 15.6 Å². The van der Waals surface area contributed by atoms with E-state index < -0.39 is 22.0 Å². The zero-order chi connectivity index (χ0) is 28.3. The molecule has 1 aliphatic rings. The van der Waals surface area contributed by atoms with E-state index in [1.54, 1.807) is 30.3 Å². The van der Waals surface area contributed by atoms with Crippen molar-refractivity contribution in [2.75, 3.05) is 6.54 Å². The van der Waals surface area contributed by atoms with Crippen LogP contribution in [0.3, 0.4) is 0 Å². The zero-order valence-corrected chi connectivity index (χ0v) is 24.1. The summed E-state index contributed by atoms with van der Waals surface area (Å²) in [5, 5.41) is 3.67. The van der Waals surface area contributed by atoms with Crippen molar-refractivity contribution in [1.29, 1.82) is 0 Å². The lowest BCUT2D eigenvalue weighted by Crippen LogP contribution is -2.50. The number of hydrogen-bond donors (Lipinski definition) is 0. The molecule has 5 rings (SSSR count). The van der Waals surface area contributed by atoms with Gasteiger partial charge >= 0.3 is 0 Å². The third-order valence-corrected chi connectivity index (χ3v) is 9.90. The largest absolute Gasteiger partial charge is 0.300 e. The fraction of sp³-hybridized carbons (Fsp3) is 0.212. The van der Waals surface area contributed by atoms with E-state index in [1.165, 1.54) is 22.6 Å². The van der Waals surface area contributed by atoms with Crippen LogP contribution in [0.5, 0.6) is 0 Å². The van der Waals surface area contributed by atoms with Crippen molar-refractivity contribution in [2.24, 2.45) is 5.92 Å². The topological polar surface area (TPSA) is 71.5 Å². The summed E-state index contributed by atoms with van der Waals surface area (Å²) in [5.74, 6) is -0.841. The molecule has 0 radical (unpaired) electrons. The predicted octanol–water partition coefficient (Wildman–Crippen LogP) is 6.60. The lowest BCUT2D eigenvalue weighted by molar-refractivity contribution is -0.117. The van der Waals surface area contributed by atoms with Gasteiger partial charge in [0.05, 0.1) is 10.9 Å². The van der Waals surface area contributed by atoms with Crippen LogP contribution in [0.4, 0.5) is 0 Å². The molecule has 0 saturated heterocycles. The average Bonchev–Trinajstić information content (AvgIpc) is 3.49. The van der Waals surface area contributed by atoms with Gasteiger partial charge in [0.15, 0.2) is 5.78 Å². The van der Waals surface area contributed by atoms with Crippen LogP contribution in [0, 0.1) is 12.8 Å². The first kappa shape index (κ1) is 27.9. The lowest BCUT2D eigenvalue weighted by atomic mass is 9.76. The number of Topliss-reactive ketones (excluding diaryl/α,β-unsaturated/α-hetero) is 2. The molecule has 0 fully saturated rings. The van der Waals surface area contributed by atoms with Crippen molar-refractivity contribution in [3.05, 3.63) is 130 Å². The first-order valence-electron chi connectivity index (χ1n) is 13.2. The Morgan fingerprint density at radius 1 is 0.900 bits per heavy atom. The van der Waals surface area contributed by atoms with Gasteiger partial charge in [0.1, 0.15) is 5.78 Å². The predicted molar refractivity (Wildman–Crippen MR) is 160 cm³/mol. The van der Waals surface area contributed by atoms with E-state index in [0.29, 0.717) is 23.1 Å². The molecule has 4 aromatic rings. The summed E-state index contributed by atoms with van der Waals surface area (Å²) in [4.78, 5) is 26.9. The Hall–Kier alpha value is -3.65. The van der Waals surface area contributed by atoms with Crippen LogP contribution in [0.15, 0.2) is 112 Å². The molecule has 204 valence electrons. The maximum absolute atomic E-state index is 14.3. The van der Waals surface area contributed by atoms with Crippen molar-refractivity contribution < 1.29 is 18.0 Å². The number of carbonyl (C=O) groups is 2. The van der Waals surface area contributed by atoms with Crippen LogP contribution < -0.4 is 0 Å². The molecule has 3 aromatic carbocycles. The van der Waals surface area contributed by atoms with E-state index in [1.807, 2.05) is 78.3 Å². The van der Waals surface area contributed by atoms with Crippen molar-refractivity contribution >= 4 is 38.5 Å². The fourth-order valence-electron chi connectivity index (χ4n) is 5.47. The highest BCUT2D eigenvalue weighted by molar-refractivity contribution is 7.89. The lowest BCUT2D eigenvalue weighted by Gasteiger charge is -2.42. The van der Waals surface area contributed by atoms with Gasteiger partial charge in [0.2, 0.25) is 10.0 Å².